The molecule has 0 radical (unpaired) electrons. The first-order chi connectivity index (χ1) is 14.2. The third-order valence-electron chi connectivity index (χ3n) is 10.9. The van der Waals surface area contributed by atoms with Gasteiger partial charge in [-0.2, -0.15) is 0 Å². The van der Waals surface area contributed by atoms with Crippen LogP contribution in [0.25, 0.3) is 0 Å². The average Bonchev–Trinajstić information content (AvgIpc) is 3.01. The molecule has 0 aromatic heterocycles. The Bertz CT molecular complexity index is 614. The van der Waals surface area contributed by atoms with Gasteiger partial charge in [-0.15, -0.1) is 0 Å². The van der Waals surface area contributed by atoms with Gasteiger partial charge in [-0.3, -0.25) is 4.79 Å². The minimum Gasteiger partial charge on any atom is -0.354 e. The van der Waals surface area contributed by atoms with Gasteiger partial charge < -0.3 is 5.32 Å². The van der Waals surface area contributed by atoms with Crippen LogP contribution in [0, 0.1) is 46.3 Å². The van der Waals surface area contributed by atoms with Crippen LogP contribution in [0.4, 0.5) is 0 Å². The van der Waals surface area contributed by atoms with E-state index < -0.39 is 0 Å². The van der Waals surface area contributed by atoms with Crippen molar-refractivity contribution in [2.75, 3.05) is 0 Å². The fraction of sp³-hybridized carbons (Fsp3) is 0.964. The lowest BCUT2D eigenvalue weighted by Crippen LogP contribution is -2.55. The Morgan fingerprint density at radius 2 is 1.67 bits per heavy atom. The van der Waals surface area contributed by atoms with Gasteiger partial charge in [-0.25, -0.2) is 0 Å². The van der Waals surface area contributed by atoms with Gasteiger partial charge in [0.15, 0.2) is 0 Å². The van der Waals surface area contributed by atoms with Gasteiger partial charge in [-0.05, 0) is 111 Å². The topological polar surface area (TPSA) is 29.1 Å². The smallest absolute Gasteiger partial charge is 0.217 e. The second-order valence-electron chi connectivity index (χ2n) is 12.8. The van der Waals surface area contributed by atoms with Crippen LogP contribution in [0.2, 0.25) is 0 Å². The predicted molar refractivity (Wildman–Crippen MR) is 126 cm³/mol. The molecule has 4 aliphatic rings. The maximum Gasteiger partial charge on any atom is 0.217 e. The minimum atomic E-state index is 0.163. The molecule has 4 aliphatic carbocycles. The summed E-state index contributed by atoms with van der Waals surface area (Å²) in [5.74, 6) is 5.80. The summed E-state index contributed by atoms with van der Waals surface area (Å²) < 4.78 is 0. The molecule has 4 fully saturated rings. The Labute approximate surface area is 186 Å². The molecule has 0 aromatic carbocycles. The van der Waals surface area contributed by atoms with E-state index in [1.807, 2.05) is 0 Å². The zero-order chi connectivity index (χ0) is 21.5. The maximum atomic E-state index is 11.6. The van der Waals surface area contributed by atoms with Crippen LogP contribution in [-0.4, -0.2) is 11.9 Å². The number of amides is 1. The Morgan fingerprint density at radius 1 is 0.933 bits per heavy atom. The third-order valence-corrected chi connectivity index (χ3v) is 10.9. The molecule has 7 unspecified atom stereocenters. The number of hydrogen-bond acceptors (Lipinski definition) is 1. The normalized spacial score (nSPS) is 45.5. The molecule has 4 saturated carbocycles. The van der Waals surface area contributed by atoms with Crippen molar-refractivity contribution in [3.8, 4) is 0 Å². The first kappa shape index (κ1) is 22.7. The van der Waals surface area contributed by atoms with Crippen LogP contribution in [-0.2, 0) is 4.79 Å². The first-order valence-corrected chi connectivity index (χ1v) is 13.5. The first-order valence-electron chi connectivity index (χ1n) is 13.5. The number of rotatable bonds is 6. The van der Waals surface area contributed by atoms with E-state index in [0.717, 1.165) is 35.5 Å². The highest BCUT2D eigenvalue weighted by Crippen LogP contribution is 2.67. The Morgan fingerprint density at radius 3 is 2.40 bits per heavy atom. The Kier molecular flexibility index (Phi) is 6.63. The minimum absolute atomic E-state index is 0.163. The Balaban J connectivity index is 1.40. The van der Waals surface area contributed by atoms with Crippen LogP contribution in [0.3, 0.4) is 0 Å². The van der Waals surface area contributed by atoms with E-state index in [2.05, 4.69) is 33.0 Å². The second kappa shape index (κ2) is 8.78. The molecule has 2 nitrogen and oxygen atoms in total. The number of nitrogens with one attached hydrogen (secondary N) is 1. The van der Waals surface area contributed by atoms with E-state index in [9.17, 15) is 4.79 Å². The zero-order valence-corrected chi connectivity index (χ0v) is 20.6. The van der Waals surface area contributed by atoms with Gasteiger partial charge in [-0.1, -0.05) is 47.0 Å². The molecule has 1 N–H and O–H groups in total. The molecule has 30 heavy (non-hydrogen) atoms. The molecule has 0 aromatic rings. The lowest BCUT2D eigenvalue weighted by Gasteiger charge is -2.61. The van der Waals surface area contributed by atoms with Crippen LogP contribution >= 0.6 is 0 Å². The number of fused-ring (bicyclic) bond motifs is 5. The molecule has 2 heteroatoms. The summed E-state index contributed by atoms with van der Waals surface area (Å²) in [7, 11) is 0. The van der Waals surface area contributed by atoms with Crippen LogP contribution in [0.5, 0.6) is 0 Å². The summed E-state index contributed by atoms with van der Waals surface area (Å²) in [6, 6.07) is 0.438. The summed E-state index contributed by atoms with van der Waals surface area (Å²) in [4.78, 5) is 11.6. The predicted octanol–water partition coefficient (Wildman–Crippen LogP) is 7.37. The van der Waals surface area contributed by atoms with Gasteiger partial charge in [0.1, 0.15) is 0 Å². The molecule has 172 valence electrons. The molecular weight excluding hydrogens is 366 g/mol. The van der Waals surface area contributed by atoms with E-state index in [0.29, 0.717) is 16.9 Å². The molecule has 0 aliphatic heterocycles. The lowest BCUT2D eigenvalue weighted by molar-refractivity contribution is -0.125. The van der Waals surface area contributed by atoms with Crippen molar-refractivity contribution in [1.82, 2.24) is 5.32 Å². The van der Waals surface area contributed by atoms with Crippen molar-refractivity contribution in [3.05, 3.63) is 0 Å². The van der Waals surface area contributed by atoms with Gasteiger partial charge >= 0.3 is 0 Å². The van der Waals surface area contributed by atoms with Crippen LogP contribution in [0.1, 0.15) is 118 Å². The largest absolute Gasteiger partial charge is 0.354 e. The zero-order valence-electron chi connectivity index (χ0n) is 20.6. The average molecular weight is 416 g/mol. The van der Waals surface area contributed by atoms with Crippen molar-refractivity contribution in [3.63, 3.8) is 0 Å². The quantitative estimate of drug-likeness (QED) is 0.451. The van der Waals surface area contributed by atoms with Crippen LogP contribution < -0.4 is 5.32 Å². The highest BCUT2D eigenvalue weighted by Gasteiger charge is 2.59. The van der Waals surface area contributed by atoms with Crippen molar-refractivity contribution < 1.29 is 4.79 Å². The number of hydrogen-bond donors (Lipinski definition) is 1. The van der Waals surface area contributed by atoms with Gasteiger partial charge in [0.05, 0.1) is 0 Å². The van der Waals surface area contributed by atoms with Crippen molar-refractivity contribution in [2.45, 2.75) is 124 Å². The summed E-state index contributed by atoms with van der Waals surface area (Å²) in [6.07, 6.45) is 18.5. The summed E-state index contributed by atoms with van der Waals surface area (Å²) in [6.45, 7) is 11.8. The summed E-state index contributed by atoms with van der Waals surface area (Å²) >= 11 is 0. The lowest BCUT2D eigenvalue weighted by atomic mass is 9.44. The highest BCUT2D eigenvalue weighted by atomic mass is 16.1. The molecule has 8 atom stereocenters. The maximum absolute atomic E-state index is 11.6. The molecule has 0 heterocycles. The van der Waals surface area contributed by atoms with Gasteiger partial charge in [0.25, 0.3) is 0 Å². The van der Waals surface area contributed by atoms with E-state index in [4.69, 9.17) is 0 Å². The Hall–Kier alpha value is -0.530. The van der Waals surface area contributed by atoms with Gasteiger partial charge in [0.2, 0.25) is 5.91 Å². The molecule has 0 saturated heterocycles. The van der Waals surface area contributed by atoms with E-state index >= 15 is 0 Å². The van der Waals surface area contributed by atoms with Crippen molar-refractivity contribution in [1.29, 1.82) is 0 Å². The monoisotopic (exact) mass is 415 g/mol. The van der Waals surface area contributed by atoms with E-state index in [1.165, 1.54) is 83.5 Å². The van der Waals surface area contributed by atoms with E-state index in [-0.39, 0.29) is 5.91 Å². The molecular formula is C28H49NO. The van der Waals surface area contributed by atoms with Gasteiger partial charge in [0, 0.05) is 13.0 Å². The second-order valence-corrected chi connectivity index (χ2v) is 12.8. The third kappa shape index (κ3) is 4.11. The number of carbonyl (C=O) groups excluding carboxylic acids is 1. The van der Waals surface area contributed by atoms with Crippen molar-refractivity contribution in [2.24, 2.45) is 46.3 Å². The summed E-state index contributed by atoms with van der Waals surface area (Å²) in [5.41, 5.74) is 1.17. The molecule has 4 rings (SSSR count). The fourth-order valence-electron chi connectivity index (χ4n) is 9.20. The fourth-order valence-corrected chi connectivity index (χ4v) is 9.20. The molecule has 0 spiro atoms. The van der Waals surface area contributed by atoms with Crippen LogP contribution in [0.15, 0.2) is 0 Å². The number of unbranched alkanes of at least 4 members (excludes halogenated alkanes) is 1. The highest BCUT2D eigenvalue weighted by molar-refractivity contribution is 5.73. The van der Waals surface area contributed by atoms with Crippen molar-refractivity contribution >= 4 is 5.91 Å². The number of carbonyl (C=O) groups is 1. The molecule has 0 bridgehead atoms. The SMILES string of the molecule is CC(=O)N[C@@H]1CCC2(C)C(CCC3C4CCC(CCCCC(C)C)C4(C)CCC32)C1. The standard InChI is InChI=1S/C28H49NO/c1-19(2)8-6-7-9-21-11-13-25-24-12-10-22-18-23(29-20(3)30)14-16-28(22,5)26(24)15-17-27(21,25)4/h19,21-26H,6-18H2,1-5H3,(H,29,30)/t21?,22?,23-,24?,25?,26?,27?,28?/m1/s1. The summed E-state index contributed by atoms with van der Waals surface area (Å²) in [5, 5.41) is 3.25. The van der Waals surface area contributed by atoms with E-state index in [1.54, 1.807) is 6.92 Å². The molecule has 1 amide bonds.